The Morgan fingerprint density at radius 1 is 1.12 bits per heavy atom. The Morgan fingerprint density at radius 3 is 2.48 bits per heavy atom. The SMILES string of the molecule is O=S(=O)(c1ccc(NCCc2ccc(F)cc2)[nH+]c1)N1CCOCC1. The zero-order chi connectivity index (χ0) is 17.7. The van der Waals surface area contributed by atoms with E-state index in [2.05, 4.69) is 10.3 Å². The van der Waals surface area contributed by atoms with E-state index in [4.69, 9.17) is 4.74 Å². The molecule has 1 saturated heterocycles. The molecule has 0 radical (unpaired) electrons. The smallest absolute Gasteiger partial charge is 0.272 e. The van der Waals surface area contributed by atoms with Crippen molar-refractivity contribution in [2.75, 3.05) is 38.2 Å². The molecule has 1 fully saturated rings. The molecule has 2 heterocycles. The highest BCUT2D eigenvalue weighted by Crippen LogP contribution is 2.16. The van der Waals surface area contributed by atoms with Gasteiger partial charge in [0.15, 0.2) is 0 Å². The first-order chi connectivity index (χ1) is 12.1. The van der Waals surface area contributed by atoms with Gasteiger partial charge in [-0.05, 0) is 23.8 Å². The summed E-state index contributed by atoms with van der Waals surface area (Å²) >= 11 is 0. The molecular weight excluding hydrogens is 345 g/mol. The minimum atomic E-state index is -3.49. The number of halogens is 1. The molecule has 0 atom stereocenters. The maximum absolute atomic E-state index is 12.9. The van der Waals surface area contributed by atoms with Crippen LogP contribution in [-0.4, -0.2) is 45.6 Å². The average Bonchev–Trinajstić information content (AvgIpc) is 2.64. The molecule has 0 spiro atoms. The number of nitrogens with one attached hydrogen (secondary N) is 2. The molecule has 0 aliphatic carbocycles. The van der Waals surface area contributed by atoms with E-state index >= 15 is 0 Å². The maximum Gasteiger partial charge on any atom is 0.272 e. The van der Waals surface area contributed by atoms with Crippen molar-refractivity contribution < 1.29 is 22.5 Å². The highest BCUT2D eigenvalue weighted by molar-refractivity contribution is 7.89. The van der Waals surface area contributed by atoms with E-state index in [0.29, 0.717) is 32.8 Å². The van der Waals surface area contributed by atoms with Crippen molar-refractivity contribution in [3.63, 3.8) is 0 Å². The number of benzene rings is 1. The summed E-state index contributed by atoms with van der Waals surface area (Å²) in [6.45, 7) is 2.25. The Morgan fingerprint density at radius 2 is 1.84 bits per heavy atom. The van der Waals surface area contributed by atoms with E-state index in [-0.39, 0.29) is 10.7 Å². The zero-order valence-electron chi connectivity index (χ0n) is 13.7. The molecule has 0 bridgehead atoms. The standard InChI is InChI=1S/C17H20FN3O3S/c18-15-3-1-14(2-4-15)7-8-19-17-6-5-16(13-20-17)25(22,23)21-9-11-24-12-10-21/h1-6,13H,7-12H2,(H,19,20)/p+1. The number of sulfonamides is 1. The van der Waals surface area contributed by atoms with Gasteiger partial charge in [-0.3, -0.25) is 5.32 Å². The first-order valence-corrected chi connectivity index (χ1v) is 9.58. The molecule has 1 aliphatic rings. The Bertz CT molecular complexity index is 789. The van der Waals surface area contributed by atoms with Crippen LogP contribution in [-0.2, 0) is 21.2 Å². The van der Waals surface area contributed by atoms with Crippen LogP contribution in [0.25, 0.3) is 0 Å². The molecule has 8 heteroatoms. The summed E-state index contributed by atoms with van der Waals surface area (Å²) in [5.41, 5.74) is 1.03. The molecular formula is C17H21FN3O3S+. The monoisotopic (exact) mass is 366 g/mol. The van der Waals surface area contributed by atoms with Crippen LogP contribution in [0.1, 0.15) is 5.56 Å². The van der Waals surface area contributed by atoms with Crippen LogP contribution in [0, 0.1) is 5.82 Å². The number of ether oxygens (including phenoxy) is 1. The second kappa shape index (κ2) is 7.90. The molecule has 1 aromatic carbocycles. The van der Waals surface area contributed by atoms with Gasteiger partial charge in [-0.1, -0.05) is 12.1 Å². The van der Waals surface area contributed by atoms with Gasteiger partial charge < -0.3 is 4.74 Å². The van der Waals surface area contributed by atoms with Crippen molar-refractivity contribution in [3.8, 4) is 0 Å². The molecule has 6 nitrogen and oxygen atoms in total. The Kier molecular flexibility index (Phi) is 5.62. The van der Waals surface area contributed by atoms with E-state index in [1.807, 2.05) is 0 Å². The topological polar surface area (TPSA) is 72.8 Å². The van der Waals surface area contributed by atoms with Crippen LogP contribution in [0.5, 0.6) is 0 Å². The highest BCUT2D eigenvalue weighted by Gasteiger charge is 2.27. The Labute approximate surface area is 146 Å². The van der Waals surface area contributed by atoms with Crippen LogP contribution >= 0.6 is 0 Å². The lowest BCUT2D eigenvalue weighted by Crippen LogP contribution is -2.40. The molecule has 134 valence electrons. The fourth-order valence-electron chi connectivity index (χ4n) is 2.61. The zero-order valence-corrected chi connectivity index (χ0v) is 14.6. The van der Waals surface area contributed by atoms with Gasteiger partial charge in [-0.15, -0.1) is 0 Å². The number of aromatic amines is 1. The summed E-state index contributed by atoms with van der Waals surface area (Å²) in [6, 6.07) is 9.66. The summed E-state index contributed by atoms with van der Waals surface area (Å²) in [5.74, 6) is 0.477. The summed E-state index contributed by atoms with van der Waals surface area (Å²) in [7, 11) is -3.49. The van der Waals surface area contributed by atoms with Gasteiger partial charge in [0.2, 0.25) is 10.0 Å². The second-order valence-corrected chi connectivity index (χ2v) is 7.70. The van der Waals surface area contributed by atoms with Gasteiger partial charge in [-0.2, -0.15) is 4.31 Å². The van der Waals surface area contributed by atoms with E-state index in [9.17, 15) is 12.8 Å². The first kappa shape index (κ1) is 17.8. The average molecular weight is 366 g/mol. The number of H-pyrrole nitrogens is 1. The van der Waals surface area contributed by atoms with Gasteiger partial charge in [0.25, 0.3) is 5.82 Å². The first-order valence-electron chi connectivity index (χ1n) is 8.14. The number of anilines is 1. The minimum Gasteiger partial charge on any atom is -0.379 e. The van der Waals surface area contributed by atoms with Crippen LogP contribution in [0.3, 0.4) is 0 Å². The van der Waals surface area contributed by atoms with Gasteiger partial charge >= 0.3 is 0 Å². The molecule has 0 amide bonds. The third-order valence-electron chi connectivity index (χ3n) is 4.03. The predicted molar refractivity (Wildman–Crippen MR) is 91.2 cm³/mol. The summed E-state index contributed by atoms with van der Waals surface area (Å²) < 4.78 is 44.5. The third kappa shape index (κ3) is 4.53. The van der Waals surface area contributed by atoms with Crippen LogP contribution in [0.4, 0.5) is 10.2 Å². The van der Waals surface area contributed by atoms with E-state index in [0.717, 1.165) is 17.8 Å². The van der Waals surface area contributed by atoms with Crippen molar-refractivity contribution in [1.82, 2.24) is 4.31 Å². The third-order valence-corrected chi connectivity index (χ3v) is 5.93. The number of pyridine rings is 1. The van der Waals surface area contributed by atoms with Crippen LogP contribution in [0.15, 0.2) is 47.5 Å². The molecule has 25 heavy (non-hydrogen) atoms. The summed E-state index contributed by atoms with van der Waals surface area (Å²) in [6.07, 6.45) is 2.23. The largest absolute Gasteiger partial charge is 0.379 e. The van der Waals surface area contributed by atoms with Gasteiger partial charge in [0, 0.05) is 25.6 Å². The molecule has 0 unspecified atom stereocenters. The van der Waals surface area contributed by atoms with Gasteiger partial charge in [0.1, 0.15) is 16.9 Å². The van der Waals surface area contributed by atoms with Crippen LogP contribution < -0.4 is 10.3 Å². The summed E-state index contributed by atoms with van der Waals surface area (Å²) in [5, 5.41) is 3.19. The van der Waals surface area contributed by atoms with Gasteiger partial charge in [0.05, 0.1) is 19.8 Å². The number of hydrogen-bond acceptors (Lipinski definition) is 4. The van der Waals surface area contributed by atoms with Crippen molar-refractivity contribution in [2.45, 2.75) is 11.3 Å². The molecule has 0 saturated carbocycles. The number of nitrogens with zero attached hydrogens (tertiary/aromatic N) is 1. The van der Waals surface area contributed by atoms with E-state index < -0.39 is 10.0 Å². The maximum atomic E-state index is 12.9. The minimum absolute atomic E-state index is 0.235. The lowest BCUT2D eigenvalue weighted by molar-refractivity contribution is -0.364. The fourth-order valence-corrected chi connectivity index (χ4v) is 3.99. The second-order valence-electron chi connectivity index (χ2n) is 5.76. The number of hydrogen-bond donors (Lipinski definition) is 1. The Balaban J connectivity index is 1.57. The number of rotatable bonds is 6. The number of morpholine rings is 1. The molecule has 2 N–H and O–H groups in total. The quantitative estimate of drug-likeness (QED) is 0.837. The van der Waals surface area contributed by atoms with Gasteiger partial charge in [-0.25, -0.2) is 17.8 Å². The normalized spacial score (nSPS) is 15.9. The van der Waals surface area contributed by atoms with Crippen molar-refractivity contribution in [3.05, 3.63) is 54.0 Å². The van der Waals surface area contributed by atoms with E-state index in [1.165, 1.54) is 22.6 Å². The van der Waals surface area contributed by atoms with Crippen LogP contribution in [0.2, 0.25) is 0 Å². The molecule has 3 rings (SSSR count). The highest BCUT2D eigenvalue weighted by atomic mass is 32.2. The number of aromatic nitrogens is 1. The molecule has 2 aromatic rings. The summed E-state index contributed by atoms with van der Waals surface area (Å²) in [4.78, 5) is 3.20. The predicted octanol–water partition coefficient (Wildman–Crippen LogP) is 1.32. The van der Waals surface area contributed by atoms with Crippen molar-refractivity contribution >= 4 is 15.8 Å². The fraction of sp³-hybridized carbons (Fsp3) is 0.353. The lowest BCUT2D eigenvalue weighted by atomic mass is 10.1. The molecule has 1 aromatic heterocycles. The van der Waals surface area contributed by atoms with Crippen molar-refractivity contribution in [2.24, 2.45) is 0 Å². The Hall–Kier alpha value is -2.03. The van der Waals surface area contributed by atoms with E-state index in [1.54, 1.807) is 24.3 Å². The molecule has 1 aliphatic heterocycles. The lowest BCUT2D eigenvalue weighted by Gasteiger charge is -2.25. The van der Waals surface area contributed by atoms with Crippen molar-refractivity contribution in [1.29, 1.82) is 0 Å².